The molecule has 4 amide bonds. The highest BCUT2D eigenvalue weighted by atomic mass is 16.6. The molecule has 3 N–H and O–H groups in total. The summed E-state index contributed by atoms with van der Waals surface area (Å²) >= 11 is 0. The highest BCUT2D eigenvalue weighted by Crippen LogP contribution is 2.23. The third-order valence-corrected chi connectivity index (χ3v) is 9.51. The Balaban J connectivity index is 2.87. The van der Waals surface area contributed by atoms with Crippen LogP contribution in [0, 0.1) is 35.5 Å². The SMILES string of the molecule is CCC(C)C(CC(=O)C(CC(C)C)NC(=O)CCC(=O)C(NC(=O)C1CCN(C(=O)OC(C)(C)C)C1)C(C)C)C(=O)NCC(=O)CC(C(C)=O)C(C)=O. The van der Waals surface area contributed by atoms with Crippen molar-refractivity contribution in [3.63, 3.8) is 0 Å². The van der Waals surface area contributed by atoms with Gasteiger partial charge in [0.15, 0.2) is 17.3 Å². The minimum atomic E-state index is -1.06. The lowest BCUT2D eigenvalue weighted by Gasteiger charge is -2.26. The van der Waals surface area contributed by atoms with E-state index in [4.69, 9.17) is 4.74 Å². The standard InChI is InChI=1S/C39H64N4O10/c1-12-24(6)29(37(51)40-20-28(46)18-30(25(7)44)26(8)45)19-33(48)31(17-22(2)3)41-34(49)14-13-32(47)35(23(4)5)42-36(50)27-15-16-43(21-27)38(52)53-39(9,10)11/h22-24,27,29-31,35H,12-21H2,1-11H3,(H,40,51)(H,41,49)(H,42,50). The van der Waals surface area contributed by atoms with E-state index >= 15 is 0 Å². The first-order valence-electron chi connectivity index (χ1n) is 18.9. The van der Waals surface area contributed by atoms with Crippen molar-refractivity contribution in [3.8, 4) is 0 Å². The van der Waals surface area contributed by atoms with Gasteiger partial charge in [-0.1, -0.05) is 48.0 Å². The molecule has 300 valence electrons. The Morgan fingerprint density at radius 2 is 1.43 bits per heavy atom. The van der Waals surface area contributed by atoms with Crippen molar-refractivity contribution in [2.45, 2.75) is 139 Å². The van der Waals surface area contributed by atoms with Gasteiger partial charge in [0.25, 0.3) is 0 Å². The second-order valence-electron chi connectivity index (χ2n) is 16.3. The summed E-state index contributed by atoms with van der Waals surface area (Å²) < 4.78 is 5.41. The Hall–Kier alpha value is -3.97. The molecule has 0 saturated carbocycles. The highest BCUT2D eigenvalue weighted by molar-refractivity contribution is 6.04. The monoisotopic (exact) mass is 748 g/mol. The maximum absolute atomic E-state index is 13.6. The molecule has 0 spiro atoms. The van der Waals surface area contributed by atoms with Crippen LogP contribution in [0.3, 0.4) is 0 Å². The summed E-state index contributed by atoms with van der Waals surface area (Å²) in [6, 6.07) is -1.77. The minimum absolute atomic E-state index is 0.0113. The van der Waals surface area contributed by atoms with Gasteiger partial charge in [0.2, 0.25) is 17.7 Å². The summed E-state index contributed by atoms with van der Waals surface area (Å²) in [5.41, 5.74) is -0.668. The van der Waals surface area contributed by atoms with Gasteiger partial charge in [-0.15, -0.1) is 0 Å². The molecule has 0 radical (unpaired) electrons. The molecule has 14 heteroatoms. The molecule has 1 fully saturated rings. The molecule has 1 rings (SSSR count). The number of likely N-dealkylation sites (tertiary alicyclic amines) is 1. The number of hydrogen-bond donors (Lipinski definition) is 3. The van der Waals surface area contributed by atoms with Crippen LogP contribution < -0.4 is 16.0 Å². The van der Waals surface area contributed by atoms with E-state index in [0.29, 0.717) is 25.8 Å². The first-order valence-corrected chi connectivity index (χ1v) is 18.9. The summed E-state index contributed by atoms with van der Waals surface area (Å²) in [5, 5.41) is 8.14. The van der Waals surface area contributed by atoms with Gasteiger partial charge in [-0.3, -0.25) is 38.4 Å². The summed E-state index contributed by atoms with van der Waals surface area (Å²) in [4.78, 5) is 116. The number of hydrogen-bond acceptors (Lipinski definition) is 10. The molecular weight excluding hydrogens is 684 g/mol. The van der Waals surface area contributed by atoms with Crippen LogP contribution in [0.2, 0.25) is 0 Å². The van der Waals surface area contributed by atoms with Gasteiger partial charge in [-0.25, -0.2) is 4.79 Å². The maximum atomic E-state index is 13.6. The van der Waals surface area contributed by atoms with Crippen LogP contribution in [0.25, 0.3) is 0 Å². The maximum Gasteiger partial charge on any atom is 0.410 e. The van der Waals surface area contributed by atoms with Crippen molar-refractivity contribution in [2.24, 2.45) is 35.5 Å². The lowest BCUT2D eigenvalue weighted by molar-refractivity contribution is -0.135. The number of ketones is 5. The summed E-state index contributed by atoms with van der Waals surface area (Å²) in [6.45, 7) is 18.9. The van der Waals surface area contributed by atoms with Crippen LogP contribution in [-0.4, -0.2) is 94.9 Å². The smallest absolute Gasteiger partial charge is 0.410 e. The molecule has 0 aromatic rings. The third-order valence-electron chi connectivity index (χ3n) is 9.51. The topological polar surface area (TPSA) is 202 Å². The fraction of sp³-hybridized carbons (Fsp3) is 0.769. The van der Waals surface area contributed by atoms with Crippen LogP contribution in [0.4, 0.5) is 4.79 Å². The summed E-state index contributed by atoms with van der Waals surface area (Å²) in [6.07, 6.45) is -0.0997. The van der Waals surface area contributed by atoms with Crippen molar-refractivity contribution in [1.29, 1.82) is 0 Å². The van der Waals surface area contributed by atoms with E-state index in [2.05, 4.69) is 16.0 Å². The fourth-order valence-corrected chi connectivity index (χ4v) is 6.14. The van der Waals surface area contributed by atoms with E-state index in [0.717, 1.165) is 0 Å². The molecule has 1 heterocycles. The lowest BCUT2D eigenvalue weighted by Crippen LogP contribution is -2.48. The van der Waals surface area contributed by atoms with Gasteiger partial charge in [0, 0.05) is 44.7 Å². The predicted octanol–water partition coefficient (Wildman–Crippen LogP) is 3.76. The lowest BCUT2D eigenvalue weighted by atomic mass is 9.84. The van der Waals surface area contributed by atoms with Gasteiger partial charge in [-0.05, 0) is 65.2 Å². The average molecular weight is 749 g/mol. The predicted molar refractivity (Wildman–Crippen MR) is 198 cm³/mol. The average Bonchev–Trinajstić information content (AvgIpc) is 3.55. The quantitative estimate of drug-likeness (QED) is 0.137. The Morgan fingerprint density at radius 3 is 1.94 bits per heavy atom. The normalized spacial score (nSPS) is 16.8. The number of ether oxygens (including phenoxy) is 1. The van der Waals surface area contributed by atoms with Gasteiger partial charge >= 0.3 is 6.09 Å². The number of nitrogens with one attached hydrogen (secondary N) is 3. The number of carbonyl (C=O) groups is 9. The van der Waals surface area contributed by atoms with Crippen molar-refractivity contribution < 1.29 is 47.9 Å². The number of nitrogens with zero attached hydrogens (tertiary/aromatic N) is 1. The van der Waals surface area contributed by atoms with E-state index in [-0.39, 0.29) is 74.0 Å². The molecule has 0 aromatic heterocycles. The van der Waals surface area contributed by atoms with Crippen molar-refractivity contribution >= 4 is 52.7 Å². The van der Waals surface area contributed by atoms with E-state index in [9.17, 15) is 43.2 Å². The highest BCUT2D eigenvalue weighted by Gasteiger charge is 2.36. The molecule has 1 aliphatic rings. The molecule has 1 saturated heterocycles. The molecule has 0 aliphatic carbocycles. The number of carbonyl (C=O) groups excluding carboxylic acids is 9. The van der Waals surface area contributed by atoms with Crippen molar-refractivity contribution in [1.82, 2.24) is 20.9 Å². The zero-order valence-corrected chi connectivity index (χ0v) is 33.7. The third kappa shape index (κ3) is 16.7. The number of amides is 4. The Morgan fingerprint density at radius 1 is 0.830 bits per heavy atom. The molecule has 53 heavy (non-hydrogen) atoms. The van der Waals surface area contributed by atoms with Gasteiger partial charge in [-0.2, -0.15) is 0 Å². The molecular formula is C39H64N4O10. The van der Waals surface area contributed by atoms with Crippen LogP contribution in [-0.2, 0) is 43.1 Å². The first-order chi connectivity index (χ1) is 24.5. The molecule has 0 bridgehead atoms. The Bertz CT molecular complexity index is 1340. The van der Waals surface area contributed by atoms with E-state index in [1.165, 1.54) is 18.7 Å². The summed E-state index contributed by atoms with van der Waals surface area (Å²) in [5.74, 6) is -6.27. The van der Waals surface area contributed by atoms with E-state index in [1.54, 1.807) is 34.6 Å². The second kappa shape index (κ2) is 21.7. The molecule has 0 aromatic carbocycles. The van der Waals surface area contributed by atoms with E-state index < -0.39 is 70.7 Å². The van der Waals surface area contributed by atoms with Gasteiger partial charge in [0.05, 0.1) is 30.5 Å². The zero-order chi connectivity index (χ0) is 40.8. The molecule has 5 atom stereocenters. The number of rotatable bonds is 22. The van der Waals surface area contributed by atoms with Gasteiger partial charge in [0.1, 0.15) is 17.2 Å². The number of Topliss-reactive ketones (excluding diaryl/α,β-unsaturated/α-hetero) is 5. The van der Waals surface area contributed by atoms with Crippen LogP contribution in [0.1, 0.15) is 121 Å². The zero-order valence-electron chi connectivity index (χ0n) is 33.7. The van der Waals surface area contributed by atoms with Crippen molar-refractivity contribution in [3.05, 3.63) is 0 Å². The second-order valence-corrected chi connectivity index (χ2v) is 16.3. The van der Waals surface area contributed by atoms with Crippen LogP contribution >= 0.6 is 0 Å². The van der Waals surface area contributed by atoms with E-state index in [1.807, 2.05) is 27.7 Å². The molecule has 14 nitrogen and oxygen atoms in total. The Labute approximate surface area is 315 Å². The van der Waals surface area contributed by atoms with Gasteiger partial charge < -0.3 is 25.6 Å². The van der Waals surface area contributed by atoms with Crippen LogP contribution in [0.15, 0.2) is 0 Å². The molecule has 5 unspecified atom stereocenters. The Kier molecular flexibility index (Phi) is 19.2. The minimum Gasteiger partial charge on any atom is -0.444 e. The van der Waals surface area contributed by atoms with Crippen molar-refractivity contribution in [2.75, 3.05) is 19.6 Å². The summed E-state index contributed by atoms with van der Waals surface area (Å²) in [7, 11) is 0. The molecule has 1 aliphatic heterocycles. The van der Waals surface area contributed by atoms with Crippen LogP contribution in [0.5, 0.6) is 0 Å². The first kappa shape index (κ1) is 47.1. The largest absolute Gasteiger partial charge is 0.444 e. The fourth-order valence-electron chi connectivity index (χ4n) is 6.14.